The second-order valence-electron chi connectivity index (χ2n) is 7.89. The Bertz CT molecular complexity index is 1820. The van der Waals surface area contributed by atoms with E-state index in [1.165, 1.54) is 37.3 Å². The van der Waals surface area contributed by atoms with E-state index in [0.717, 1.165) is 34.6 Å². The first-order chi connectivity index (χ1) is 17.3. The van der Waals surface area contributed by atoms with Crippen molar-refractivity contribution in [2.45, 2.75) is 18.0 Å². The van der Waals surface area contributed by atoms with Crippen molar-refractivity contribution in [2.75, 3.05) is 0 Å². The second kappa shape index (κ2) is 9.93. The summed E-state index contributed by atoms with van der Waals surface area (Å²) in [6.07, 6.45) is -3.93. The van der Waals surface area contributed by atoms with Crippen LogP contribution < -0.4 is 11.2 Å². The highest BCUT2D eigenvalue weighted by Crippen LogP contribution is 2.32. The van der Waals surface area contributed by atoms with Gasteiger partial charge in [0.15, 0.2) is 0 Å². The van der Waals surface area contributed by atoms with Crippen LogP contribution in [0.15, 0.2) is 69.2 Å². The average Bonchev–Trinajstić information content (AvgIpc) is 3.28. The zero-order valence-corrected chi connectivity index (χ0v) is 21.1. The summed E-state index contributed by atoms with van der Waals surface area (Å²) in [5.74, 6) is 0. The highest BCUT2D eigenvalue weighted by molar-refractivity contribution is 7.86. The molecule has 0 atom stereocenters. The maximum atomic E-state index is 13.3. The maximum absolute atomic E-state index is 13.3. The molecule has 0 spiro atoms. The molecule has 198 valence electrons. The molecule has 2 aromatic carbocycles. The van der Waals surface area contributed by atoms with Gasteiger partial charge in [-0.1, -0.05) is 6.07 Å². The minimum Gasteiger partial charge on any atom is -0.282 e. The van der Waals surface area contributed by atoms with Crippen LogP contribution in [0, 0.1) is 18.3 Å². The minimum absolute atomic E-state index is 0. The number of nitriles is 1. The fourth-order valence-electron chi connectivity index (χ4n) is 3.84. The molecular weight excluding hydrogens is 551 g/mol. The van der Waals surface area contributed by atoms with Gasteiger partial charge in [-0.25, -0.2) is 9.48 Å². The first-order valence-corrected chi connectivity index (χ1v) is 11.8. The predicted octanol–water partition coefficient (Wildman–Crippen LogP) is 3.26. The first kappa shape index (κ1) is 28.4. The number of nitrogens with zero attached hydrogens (tertiary/aromatic N) is 5. The third-order valence-corrected chi connectivity index (χ3v) is 6.47. The Labute approximate surface area is 219 Å². The van der Waals surface area contributed by atoms with Crippen molar-refractivity contribution >= 4 is 22.5 Å². The molecule has 2 heterocycles. The van der Waals surface area contributed by atoms with Gasteiger partial charge in [0.25, 0.3) is 15.7 Å². The molecule has 0 aliphatic rings. The summed E-state index contributed by atoms with van der Waals surface area (Å²) in [6.45, 7) is 1.25. The fourth-order valence-corrected chi connectivity index (χ4v) is 4.45. The Morgan fingerprint density at radius 1 is 1.05 bits per heavy atom. The van der Waals surface area contributed by atoms with Crippen LogP contribution in [0.25, 0.3) is 22.6 Å². The molecule has 0 fully saturated rings. The third kappa shape index (κ3) is 4.86. The molecule has 38 heavy (non-hydrogen) atoms. The lowest BCUT2D eigenvalue weighted by Gasteiger charge is -2.18. The van der Waals surface area contributed by atoms with Crippen LogP contribution in [0.1, 0.15) is 16.8 Å². The summed E-state index contributed by atoms with van der Waals surface area (Å²) in [7, 11) is -3.88. The van der Waals surface area contributed by atoms with Gasteiger partial charge in [0.1, 0.15) is 10.6 Å². The molecule has 2 aromatic heterocycles. The van der Waals surface area contributed by atoms with Gasteiger partial charge in [-0.3, -0.25) is 18.5 Å². The van der Waals surface area contributed by atoms with Crippen LogP contribution in [0.4, 0.5) is 13.2 Å². The topological polar surface area (TPSA) is 140 Å². The highest BCUT2D eigenvalue weighted by atomic mass is 35.5. The van der Waals surface area contributed by atoms with E-state index >= 15 is 0 Å². The lowest BCUT2D eigenvalue weighted by atomic mass is 10.1. The normalized spacial score (nSPS) is 11.6. The molecule has 0 radical (unpaired) electrons. The van der Waals surface area contributed by atoms with Crippen molar-refractivity contribution in [1.82, 2.24) is 18.9 Å². The van der Waals surface area contributed by atoms with Crippen LogP contribution in [-0.4, -0.2) is 31.9 Å². The molecule has 10 nitrogen and oxygen atoms in total. The van der Waals surface area contributed by atoms with Crippen molar-refractivity contribution in [3.63, 3.8) is 0 Å². The van der Waals surface area contributed by atoms with Crippen LogP contribution >= 0.6 is 12.4 Å². The van der Waals surface area contributed by atoms with Gasteiger partial charge >= 0.3 is 11.9 Å². The van der Waals surface area contributed by atoms with Crippen LogP contribution in [0.5, 0.6) is 0 Å². The van der Waals surface area contributed by atoms with Gasteiger partial charge in [0.2, 0.25) is 0 Å². The van der Waals surface area contributed by atoms with E-state index in [1.54, 1.807) is 0 Å². The Morgan fingerprint density at radius 3 is 2.24 bits per heavy atom. The van der Waals surface area contributed by atoms with Gasteiger partial charge in [0, 0.05) is 12.7 Å². The van der Waals surface area contributed by atoms with Crippen molar-refractivity contribution in [1.29, 1.82) is 5.26 Å². The monoisotopic (exact) mass is 567 g/mol. The van der Waals surface area contributed by atoms with Crippen molar-refractivity contribution in [3.05, 3.63) is 92.4 Å². The number of alkyl halides is 3. The summed E-state index contributed by atoms with van der Waals surface area (Å²) in [5.41, 5.74) is -3.80. The zero-order chi connectivity index (χ0) is 27.3. The number of aromatic nitrogens is 4. The van der Waals surface area contributed by atoms with Gasteiger partial charge in [-0.2, -0.15) is 31.9 Å². The summed E-state index contributed by atoms with van der Waals surface area (Å²) >= 11 is 0. The molecule has 0 saturated heterocycles. The fraction of sp³-hybridized carbons (Fsp3) is 0.130. The molecule has 15 heteroatoms. The Kier molecular flexibility index (Phi) is 7.42. The average molecular weight is 568 g/mol. The van der Waals surface area contributed by atoms with Gasteiger partial charge in [-0.15, -0.1) is 12.4 Å². The van der Waals surface area contributed by atoms with Crippen LogP contribution in [-0.2, 0) is 23.3 Å². The summed E-state index contributed by atoms with van der Waals surface area (Å²) in [5, 5.41) is 13.0. The van der Waals surface area contributed by atoms with Crippen LogP contribution in [0.2, 0.25) is 0 Å². The SMILES string of the molecule is Cc1c(-c2c(S(=O)(=O)O)cnn2-c2ccc(C#N)cc2)c(=O)n(C)c(=O)n1-c1cccc(C(F)(F)F)c1.Cl. The predicted molar refractivity (Wildman–Crippen MR) is 131 cm³/mol. The molecule has 0 bridgehead atoms. The molecule has 0 saturated carbocycles. The third-order valence-electron chi connectivity index (χ3n) is 5.62. The van der Waals surface area contributed by atoms with Gasteiger partial charge in [-0.05, 0) is 49.4 Å². The number of benzene rings is 2. The molecule has 0 aliphatic heterocycles. The summed E-state index contributed by atoms with van der Waals surface area (Å²) < 4.78 is 76.8. The number of hydrogen-bond acceptors (Lipinski definition) is 6. The van der Waals surface area contributed by atoms with E-state index < -0.39 is 49.3 Å². The molecule has 0 amide bonds. The molecule has 4 aromatic rings. The van der Waals surface area contributed by atoms with E-state index in [9.17, 15) is 35.7 Å². The van der Waals surface area contributed by atoms with Crippen LogP contribution in [0.3, 0.4) is 0 Å². The van der Waals surface area contributed by atoms with E-state index in [4.69, 9.17) is 5.26 Å². The van der Waals surface area contributed by atoms with E-state index in [0.29, 0.717) is 10.6 Å². The van der Waals surface area contributed by atoms with Crippen molar-refractivity contribution < 1.29 is 26.1 Å². The molecular formula is C23H17ClF3N5O5S. The smallest absolute Gasteiger partial charge is 0.282 e. The van der Waals surface area contributed by atoms with Crippen molar-refractivity contribution in [3.8, 4) is 28.7 Å². The lowest BCUT2D eigenvalue weighted by molar-refractivity contribution is -0.137. The standard InChI is InChI=1S/C23H16F3N5O5S.ClH/c1-13-19(20-18(37(34,35)36)12-28-31(20)16-8-6-14(11-27)7-9-16)21(32)29(2)22(33)30(13)17-5-3-4-15(10-17)23(24,25)26;/h3-10,12H,1-2H3,(H,34,35,36);1H. The second-order valence-corrected chi connectivity index (χ2v) is 9.28. The Morgan fingerprint density at radius 2 is 1.68 bits per heavy atom. The highest BCUT2D eigenvalue weighted by Gasteiger charge is 2.32. The number of rotatable bonds is 4. The molecule has 4 rings (SSSR count). The van der Waals surface area contributed by atoms with E-state index in [2.05, 4.69) is 5.10 Å². The maximum Gasteiger partial charge on any atom is 0.416 e. The molecule has 1 N–H and O–H groups in total. The Balaban J connectivity index is 0.00000400. The molecule has 0 aliphatic carbocycles. The minimum atomic E-state index is -4.96. The van der Waals surface area contributed by atoms with E-state index in [1.807, 2.05) is 6.07 Å². The largest absolute Gasteiger partial charge is 0.416 e. The first-order valence-electron chi connectivity index (χ1n) is 10.3. The molecule has 0 unspecified atom stereocenters. The number of halogens is 4. The summed E-state index contributed by atoms with van der Waals surface area (Å²) in [6, 6.07) is 11.4. The van der Waals surface area contributed by atoms with Gasteiger partial charge < -0.3 is 0 Å². The lowest BCUT2D eigenvalue weighted by Crippen LogP contribution is -2.40. The van der Waals surface area contributed by atoms with E-state index in [-0.39, 0.29) is 35.0 Å². The van der Waals surface area contributed by atoms with Gasteiger partial charge in [0.05, 0.1) is 40.3 Å². The van der Waals surface area contributed by atoms with Crippen molar-refractivity contribution in [2.24, 2.45) is 7.05 Å². The Hall–Kier alpha value is -4.19. The number of hydrogen-bond donors (Lipinski definition) is 1. The quantitative estimate of drug-likeness (QED) is 0.373. The summed E-state index contributed by atoms with van der Waals surface area (Å²) in [4.78, 5) is 25.5. The zero-order valence-electron chi connectivity index (χ0n) is 19.5.